The molecule has 0 aliphatic carbocycles. The summed E-state index contributed by atoms with van der Waals surface area (Å²) in [6.07, 6.45) is 2.39. The van der Waals surface area contributed by atoms with Gasteiger partial charge >= 0.3 is 0 Å². The predicted molar refractivity (Wildman–Crippen MR) is 96.2 cm³/mol. The fourth-order valence-electron chi connectivity index (χ4n) is 3.43. The number of aryl methyl sites for hydroxylation is 2. The number of aromatic nitrogens is 1. The van der Waals surface area contributed by atoms with Crippen molar-refractivity contribution in [1.29, 1.82) is 0 Å². The van der Waals surface area contributed by atoms with Crippen LogP contribution in [0.1, 0.15) is 29.7 Å². The summed E-state index contributed by atoms with van der Waals surface area (Å²) >= 11 is 0. The van der Waals surface area contributed by atoms with Gasteiger partial charge in [0.05, 0.1) is 11.2 Å². The minimum atomic E-state index is -3.52. The van der Waals surface area contributed by atoms with Crippen molar-refractivity contribution in [1.82, 2.24) is 9.29 Å². The van der Waals surface area contributed by atoms with Gasteiger partial charge in [0.15, 0.2) is 5.89 Å². The first-order chi connectivity index (χ1) is 12.4. The lowest BCUT2D eigenvalue weighted by atomic mass is 10.1. The van der Waals surface area contributed by atoms with E-state index in [0.29, 0.717) is 23.9 Å². The standard InChI is InChI=1S/C19H20N2O4S/c1-13-19(20-14(2)25-13)15-5-7-17(8-6-15)26(22,23)21-10-9-16(12-21)18-4-3-11-24-18/h3-8,11,16H,9-10,12H2,1-2H3. The smallest absolute Gasteiger partial charge is 0.243 e. The molecule has 1 aliphatic rings. The van der Waals surface area contributed by atoms with Gasteiger partial charge in [-0.25, -0.2) is 13.4 Å². The average Bonchev–Trinajstić information content (AvgIpc) is 3.35. The van der Waals surface area contributed by atoms with Crippen molar-refractivity contribution in [3.8, 4) is 11.3 Å². The van der Waals surface area contributed by atoms with Gasteiger partial charge in [-0.2, -0.15) is 4.31 Å². The molecule has 1 fully saturated rings. The number of hydrogen-bond acceptors (Lipinski definition) is 5. The van der Waals surface area contributed by atoms with Crippen LogP contribution in [0.4, 0.5) is 0 Å². The highest BCUT2D eigenvalue weighted by atomic mass is 32.2. The Hall–Kier alpha value is -2.38. The Balaban J connectivity index is 1.56. The Morgan fingerprint density at radius 1 is 1.15 bits per heavy atom. The fourth-order valence-corrected chi connectivity index (χ4v) is 4.93. The van der Waals surface area contributed by atoms with E-state index in [0.717, 1.165) is 29.2 Å². The third-order valence-electron chi connectivity index (χ3n) is 4.77. The molecule has 0 amide bonds. The summed E-state index contributed by atoms with van der Waals surface area (Å²) in [7, 11) is -3.52. The highest BCUT2D eigenvalue weighted by Crippen LogP contribution is 2.32. The summed E-state index contributed by atoms with van der Waals surface area (Å²) in [5.41, 5.74) is 1.58. The van der Waals surface area contributed by atoms with Crippen LogP contribution in [0.2, 0.25) is 0 Å². The maximum Gasteiger partial charge on any atom is 0.243 e. The van der Waals surface area contributed by atoms with Crippen molar-refractivity contribution < 1.29 is 17.3 Å². The molecule has 1 saturated heterocycles. The Labute approximate surface area is 152 Å². The summed E-state index contributed by atoms with van der Waals surface area (Å²) in [6.45, 7) is 4.58. The Kier molecular flexibility index (Phi) is 4.20. The molecule has 3 aromatic rings. The molecule has 136 valence electrons. The van der Waals surface area contributed by atoms with Gasteiger partial charge in [-0.3, -0.25) is 0 Å². The second kappa shape index (κ2) is 6.41. The van der Waals surface area contributed by atoms with E-state index in [4.69, 9.17) is 8.83 Å². The first-order valence-corrected chi connectivity index (χ1v) is 9.97. The van der Waals surface area contributed by atoms with Crippen molar-refractivity contribution in [2.45, 2.75) is 31.1 Å². The lowest BCUT2D eigenvalue weighted by molar-refractivity contribution is 0.445. The van der Waals surface area contributed by atoms with Gasteiger partial charge in [0, 0.05) is 31.5 Å². The molecule has 0 N–H and O–H groups in total. The van der Waals surface area contributed by atoms with Crippen LogP contribution in [0.15, 0.2) is 56.4 Å². The molecule has 26 heavy (non-hydrogen) atoms. The highest BCUT2D eigenvalue weighted by Gasteiger charge is 2.34. The Morgan fingerprint density at radius 2 is 1.92 bits per heavy atom. The quantitative estimate of drug-likeness (QED) is 0.697. The number of furan rings is 1. The van der Waals surface area contributed by atoms with Crippen molar-refractivity contribution in [3.05, 3.63) is 60.1 Å². The van der Waals surface area contributed by atoms with Crippen molar-refractivity contribution in [2.75, 3.05) is 13.1 Å². The summed E-state index contributed by atoms with van der Waals surface area (Å²) in [5, 5.41) is 0. The van der Waals surface area contributed by atoms with Crippen molar-refractivity contribution in [3.63, 3.8) is 0 Å². The lowest BCUT2D eigenvalue weighted by Crippen LogP contribution is -2.28. The minimum Gasteiger partial charge on any atom is -0.469 e. The van der Waals surface area contributed by atoms with E-state index in [1.807, 2.05) is 19.1 Å². The summed E-state index contributed by atoms with van der Waals surface area (Å²) in [5.74, 6) is 2.27. The first-order valence-electron chi connectivity index (χ1n) is 8.53. The van der Waals surface area contributed by atoms with Crippen LogP contribution in [0.3, 0.4) is 0 Å². The van der Waals surface area contributed by atoms with Crippen LogP contribution in [-0.4, -0.2) is 30.8 Å². The van der Waals surface area contributed by atoms with Gasteiger partial charge in [0.1, 0.15) is 17.2 Å². The zero-order chi connectivity index (χ0) is 18.3. The van der Waals surface area contributed by atoms with Crippen LogP contribution in [0.5, 0.6) is 0 Å². The number of rotatable bonds is 4. The number of sulfonamides is 1. The molecule has 1 aliphatic heterocycles. The van der Waals surface area contributed by atoms with E-state index < -0.39 is 10.0 Å². The molecule has 6 nitrogen and oxygen atoms in total. The molecule has 0 spiro atoms. The molecule has 0 bridgehead atoms. The highest BCUT2D eigenvalue weighted by molar-refractivity contribution is 7.89. The van der Waals surface area contributed by atoms with E-state index in [2.05, 4.69) is 4.98 Å². The first kappa shape index (κ1) is 17.1. The van der Waals surface area contributed by atoms with Gasteiger partial charge in [-0.1, -0.05) is 12.1 Å². The van der Waals surface area contributed by atoms with Crippen LogP contribution in [0, 0.1) is 13.8 Å². The van der Waals surface area contributed by atoms with Gasteiger partial charge in [0.2, 0.25) is 10.0 Å². The SMILES string of the molecule is Cc1nc(-c2ccc(S(=O)(=O)N3CCC(c4ccco4)C3)cc2)c(C)o1. The molecule has 3 heterocycles. The van der Waals surface area contributed by atoms with Gasteiger partial charge < -0.3 is 8.83 Å². The molecular formula is C19H20N2O4S. The summed E-state index contributed by atoms with van der Waals surface area (Å²) < 4.78 is 38.3. The molecule has 1 aromatic carbocycles. The van der Waals surface area contributed by atoms with E-state index >= 15 is 0 Å². The van der Waals surface area contributed by atoms with E-state index in [-0.39, 0.29) is 5.92 Å². The third-order valence-corrected chi connectivity index (χ3v) is 6.64. The molecule has 2 aromatic heterocycles. The topological polar surface area (TPSA) is 76.6 Å². The Morgan fingerprint density at radius 3 is 2.54 bits per heavy atom. The molecule has 0 radical (unpaired) electrons. The number of hydrogen-bond donors (Lipinski definition) is 0. The monoisotopic (exact) mass is 372 g/mol. The Bertz CT molecular complexity index is 1000. The molecule has 1 unspecified atom stereocenters. The fraction of sp³-hybridized carbons (Fsp3) is 0.316. The molecule has 4 rings (SSSR count). The van der Waals surface area contributed by atoms with E-state index in [9.17, 15) is 8.42 Å². The van der Waals surface area contributed by atoms with Crippen LogP contribution in [0.25, 0.3) is 11.3 Å². The minimum absolute atomic E-state index is 0.111. The second-order valence-electron chi connectivity index (χ2n) is 6.53. The molecular weight excluding hydrogens is 352 g/mol. The zero-order valence-electron chi connectivity index (χ0n) is 14.7. The normalized spacial score (nSPS) is 18.5. The van der Waals surface area contributed by atoms with Crippen molar-refractivity contribution >= 4 is 10.0 Å². The largest absolute Gasteiger partial charge is 0.469 e. The van der Waals surface area contributed by atoms with Gasteiger partial charge in [-0.15, -0.1) is 0 Å². The van der Waals surface area contributed by atoms with E-state index in [1.54, 1.807) is 37.5 Å². The molecule has 0 saturated carbocycles. The second-order valence-corrected chi connectivity index (χ2v) is 8.46. The zero-order valence-corrected chi connectivity index (χ0v) is 15.5. The summed E-state index contributed by atoms with van der Waals surface area (Å²) in [6, 6.07) is 10.5. The van der Waals surface area contributed by atoms with Crippen LogP contribution >= 0.6 is 0 Å². The van der Waals surface area contributed by atoms with Gasteiger partial charge in [-0.05, 0) is 37.6 Å². The molecule has 7 heteroatoms. The van der Waals surface area contributed by atoms with Crippen LogP contribution < -0.4 is 0 Å². The maximum absolute atomic E-state index is 12.9. The van der Waals surface area contributed by atoms with E-state index in [1.165, 1.54) is 4.31 Å². The predicted octanol–water partition coefficient (Wildman–Crippen LogP) is 3.73. The summed E-state index contributed by atoms with van der Waals surface area (Å²) in [4.78, 5) is 4.64. The number of benzene rings is 1. The van der Waals surface area contributed by atoms with Crippen LogP contribution in [-0.2, 0) is 10.0 Å². The number of oxazole rings is 1. The third kappa shape index (κ3) is 2.97. The van der Waals surface area contributed by atoms with Gasteiger partial charge in [0.25, 0.3) is 0 Å². The van der Waals surface area contributed by atoms with Crippen molar-refractivity contribution in [2.24, 2.45) is 0 Å². The average molecular weight is 372 g/mol. The maximum atomic E-state index is 12.9. The lowest BCUT2D eigenvalue weighted by Gasteiger charge is -2.16. The molecule has 1 atom stereocenters. The number of nitrogens with zero attached hydrogens (tertiary/aromatic N) is 2.